The van der Waals surface area contributed by atoms with E-state index in [4.69, 9.17) is 13.9 Å². The number of sulfonamides is 1. The maximum atomic E-state index is 12.9. The van der Waals surface area contributed by atoms with Crippen molar-refractivity contribution >= 4 is 10.0 Å². The Kier molecular flexibility index (Phi) is 5.54. The third-order valence-electron chi connectivity index (χ3n) is 3.89. The summed E-state index contributed by atoms with van der Waals surface area (Å²) < 4.78 is 43.6. The minimum Gasteiger partial charge on any atom is -0.478 e. The van der Waals surface area contributed by atoms with Gasteiger partial charge in [-0.25, -0.2) is 13.4 Å². The summed E-state index contributed by atoms with van der Waals surface area (Å²) in [6.45, 7) is 6.78. The van der Waals surface area contributed by atoms with Crippen molar-refractivity contribution in [3.8, 4) is 5.88 Å². The van der Waals surface area contributed by atoms with Crippen molar-refractivity contribution in [2.45, 2.75) is 37.7 Å². The predicted molar refractivity (Wildman–Crippen MR) is 91.2 cm³/mol. The van der Waals surface area contributed by atoms with Gasteiger partial charge in [-0.3, -0.25) is 0 Å². The number of hydrogen-bond acceptors (Lipinski definition) is 8. The van der Waals surface area contributed by atoms with Crippen LogP contribution in [0, 0.1) is 0 Å². The Morgan fingerprint density at radius 3 is 2.77 bits per heavy atom. The summed E-state index contributed by atoms with van der Waals surface area (Å²) in [5, 5.41) is 7.97. The van der Waals surface area contributed by atoms with Gasteiger partial charge >= 0.3 is 0 Å². The lowest BCUT2D eigenvalue weighted by Crippen LogP contribution is -2.42. The maximum absolute atomic E-state index is 12.9. The second-order valence-corrected chi connectivity index (χ2v) is 8.06. The summed E-state index contributed by atoms with van der Waals surface area (Å²) in [5.41, 5.74) is 0. The first-order valence-corrected chi connectivity index (χ1v) is 9.89. The molecule has 0 aliphatic carbocycles. The Morgan fingerprint density at radius 2 is 2.15 bits per heavy atom. The highest BCUT2D eigenvalue weighted by atomic mass is 32.2. The van der Waals surface area contributed by atoms with Gasteiger partial charge in [0.1, 0.15) is 11.0 Å². The van der Waals surface area contributed by atoms with Gasteiger partial charge in [0.15, 0.2) is 0 Å². The van der Waals surface area contributed by atoms with E-state index in [1.54, 1.807) is 6.07 Å². The van der Waals surface area contributed by atoms with E-state index in [2.05, 4.69) is 15.2 Å². The number of nitrogens with zero attached hydrogens (tertiary/aromatic N) is 4. The number of ether oxygens (including phenoxy) is 2. The van der Waals surface area contributed by atoms with Gasteiger partial charge in [0.05, 0.1) is 19.4 Å². The summed E-state index contributed by atoms with van der Waals surface area (Å²) in [4.78, 5) is 4.14. The molecule has 1 fully saturated rings. The molecule has 0 aromatic carbocycles. The fraction of sp³-hybridized carbons (Fsp3) is 0.562. The van der Waals surface area contributed by atoms with Gasteiger partial charge in [-0.1, -0.05) is 13.8 Å². The van der Waals surface area contributed by atoms with Crippen molar-refractivity contribution < 1.29 is 22.3 Å². The summed E-state index contributed by atoms with van der Waals surface area (Å²) in [7, 11) is -3.70. The first-order chi connectivity index (χ1) is 12.4. The molecule has 1 atom stereocenters. The van der Waals surface area contributed by atoms with Crippen LogP contribution in [0.1, 0.15) is 44.6 Å². The van der Waals surface area contributed by atoms with E-state index in [0.29, 0.717) is 24.3 Å². The molecule has 0 N–H and O–H groups in total. The molecule has 3 rings (SSSR count). The van der Waals surface area contributed by atoms with Crippen molar-refractivity contribution in [1.82, 2.24) is 19.5 Å². The Balaban J connectivity index is 1.76. The van der Waals surface area contributed by atoms with Crippen LogP contribution in [0.3, 0.4) is 0 Å². The van der Waals surface area contributed by atoms with Crippen molar-refractivity contribution in [3.63, 3.8) is 0 Å². The van der Waals surface area contributed by atoms with Crippen molar-refractivity contribution in [2.24, 2.45) is 0 Å². The van der Waals surface area contributed by atoms with Crippen LogP contribution in [0.2, 0.25) is 0 Å². The average molecular weight is 382 g/mol. The molecule has 142 valence electrons. The lowest BCUT2D eigenvalue weighted by molar-refractivity contribution is -0.0179. The third-order valence-corrected chi connectivity index (χ3v) is 5.74. The van der Waals surface area contributed by atoms with E-state index in [0.717, 1.165) is 0 Å². The Hall–Kier alpha value is -2.04. The number of pyridine rings is 1. The van der Waals surface area contributed by atoms with Gasteiger partial charge in [0.25, 0.3) is 0 Å². The second kappa shape index (κ2) is 7.68. The minimum absolute atomic E-state index is 0.0922. The van der Waals surface area contributed by atoms with Crippen molar-refractivity contribution in [2.75, 3.05) is 26.3 Å². The lowest BCUT2D eigenvalue weighted by atomic mass is 10.2. The van der Waals surface area contributed by atoms with Gasteiger partial charge in [0, 0.05) is 25.1 Å². The fourth-order valence-corrected chi connectivity index (χ4v) is 3.88. The zero-order chi connectivity index (χ0) is 18.7. The average Bonchev–Trinajstić information content (AvgIpc) is 3.13. The molecule has 0 unspecified atom stereocenters. The minimum atomic E-state index is -3.70. The zero-order valence-electron chi connectivity index (χ0n) is 15.0. The second-order valence-electron chi connectivity index (χ2n) is 6.12. The molecule has 9 nitrogen and oxygen atoms in total. The SMILES string of the molecule is CCOc1ccc(S(=O)(=O)N2CCO[C@@H](c3nnc(C(C)C)o3)C2)cn1. The van der Waals surface area contributed by atoms with Gasteiger partial charge in [-0.15, -0.1) is 10.2 Å². The summed E-state index contributed by atoms with van der Waals surface area (Å²) in [6, 6.07) is 3.03. The van der Waals surface area contributed by atoms with Crippen LogP contribution in [0.4, 0.5) is 0 Å². The molecule has 26 heavy (non-hydrogen) atoms. The van der Waals surface area contributed by atoms with Crippen LogP contribution in [0.25, 0.3) is 0 Å². The smallest absolute Gasteiger partial charge is 0.246 e. The molecule has 2 aromatic rings. The van der Waals surface area contributed by atoms with Gasteiger partial charge < -0.3 is 13.9 Å². The molecular formula is C16H22N4O5S. The van der Waals surface area contributed by atoms with Crippen molar-refractivity contribution in [3.05, 3.63) is 30.1 Å². The van der Waals surface area contributed by atoms with Crippen LogP contribution in [0.15, 0.2) is 27.6 Å². The van der Waals surface area contributed by atoms with E-state index in [-0.39, 0.29) is 30.5 Å². The topological polar surface area (TPSA) is 108 Å². The molecule has 1 saturated heterocycles. The molecule has 1 aliphatic rings. The largest absolute Gasteiger partial charge is 0.478 e. The lowest BCUT2D eigenvalue weighted by Gasteiger charge is -2.30. The Labute approximate surface area is 152 Å². The first-order valence-electron chi connectivity index (χ1n) is 8.45. The molecule has 0 saturated carbocycles. The van der Waals surface area contributed by atoms with E-state index < -0.39 is 16.1 Å². The fourth-order valence-electron chi connectivity index (χ4n) is 2.51. The number of aromatic nitrogens is 3. The van der Waals surface area contributed by atoms with Crippen LogP contribution in [-0.4, -0.2) is 54.2 Å². The first kappa shape index (κ1) is 18.7. The normalized spacial score (nSPS) is 19.0. The van der Waals surface area contributed by atoms with E-state index in [9.17, 15) is 8.42 Å². The van der Waals surface area contributed by atoms with E-state index in [1.165, 1.54) is 16.6 Å². The molecule has 2 aromatic heterocycles. The van der Waals surface area contributed by atoms with Gasteiger partial charge in [-0.05, 0) is 13.0 Å². The molecule has 0 spiro atoms. The van der Waals surface area contributed by atoms with E-state index >= 15 is 0 Å². The highest BCUT2D eigenvalue weighted by Gasteiger charge is 2.34. The standard InChI is InChI=1S/C16H22N4O5S/c1-4-23-14-6-5-12(9-17-14)26(21,22)20-7-8-24-13(10-20)16-19-18-15(25-16)11(2)3/h5-6,9,11,13H,4,7-8,10H2,1-3H3/t13-/m1/s1. The number of rotatable bonds is 6. The van der Waals surface area contributed by atoms with Crippen LogP contribution in [0.5, 0.6) is 5.88 Å². The molecule has 0 amide bonds. The highest BCUT2D eigenvalue weighted by molar-refractivity contribution is 7.89. The maximum Gasteiger partial charge on any atom is 0.246 e. The monoisotopic (exact) mass is 382 g/mol. The summed E-state index contributed by atoms with van der Waals surface area (Å²) in [6.07, 6.45) is 0.711. The van der Waals surface area contributed by atoms with Crippen LogP contribution in [-0.2, 0) is 14.8 Å². The van der Waals surface area contributed by atoms with Crippen LogP contribution >= 0.6 is 0 Å². The summed E-state index contributed by atoms with van der Waals surface area (Å²) >= 11 is 0. The van der Waals surface area contributed by atoms with Gasteiger partial charge in [-0.2, -0.15) is 4.31 Å². The number of morpholine rings is 1. The molecule has 1 aliphatic heterocycles. The zero-order valence-corrected chi connectivity index (χ0v) is 15.8. The Bertz CT molecular complexity index is 835. The highest BCUT2D eigenvalue weighted by Crippen LogP contribution is 2.27. The predicted octanol–water partition coefficient (Wildman–Crippen LogP) is 1.75. The Morgan fingerprint density at radius 1 is 1.35 bits per heavy atom. The molecule has 0 radical (unpaired) electrons. The molecule has 3 heterocycles. The molecule has 0 bridgehead atoms. The molecular weight excluding hydrogens is 360 g/mol. The van der Waals surface area contributed by atoms with Gasteiger partial charge in [0.2, 0.25) is 27.7 Å². The van der Waals surface area contributed by atoms with E-state index in [1.807, 2.05) is 20.8 Å². The van der Waals surface area contributed by atoms with Crippen molar-refractivity contribution in [1.29, 1.82) is 0 Å². The number of hydrogen-bond donors (Lipinski definition) is 0. The quantitative estimate of drug-likeness (QED) is 0.743. The van der Waals surface area contributed by atoms with Crippen LogP contribution < -0.4 is 4.74 Å². The third kappa shape index (κ3) is 3.87. The summed E-state index contributed by atoms with van der Waals surface area (Å²) in [5.74, 6) is 1.27. The molecule has 10 heteroatoms.